The van der Waals surface area contributed by atoms with E-state index in [1.807, 2.05) is 0 Å². The number of hydrogen-bond acceptors (Lipinski definition) is 10. The van der Waals surface area contributed by atoms with Crippen LogP contribution < -0.4 is 5.32 Å². The monoisotopic (exact) mass is 613 g/mol. The molecule has 5 rings (SSSR count). The minimum atomic E-state index is -1.21. The minimum absolute atomic E-state index is 0.0184. The van der Waals surface area contributed by atoms with E-state index < -0.39 is 48.4 Å². The molecule has 1 fully saturated rings. The van der Waals surface area contributed by atoms with Gasteiger partial charge < -0.3 is 33.4 Å². The van der Waals surface area contributed by atoms with Crippen LogP contribution in [-0.4, -0.2) is 55.5 Å². The second-order valence-electron chi connectivity index (χ2n) is 9.91. The molecule has 1 aliphatic rings. The fourth-order valence-electron chi connectivity index (χ4n) is 4.69. The Morgan fingerprint density at radius 2 is 1.20 bits per heavy atom. The minimum Gasteiger partial charge on any atom is -0.461 e. The highest BCUT2D eigenvalue weighted by Crippen LogP contribution is 2.39. The van der Waals surface area contributed by atoms with Gasteiger partial charge in [-0.15, -0.1) is 0 Å². The molecule has 1 N–H and O–H groups in total. The van der Waals surface area contributed by atoms with Gasteiger partial charge in [0.15, 0.2) is 18.3 Å². The van der Waals surface area contributed by atoms with Crippen LogP contribution in [0.5, 0.6) is 0 Å². The van der Waals surface area contributed by atoms with Gasteiger partial charge in [-0.3, -0.25) is 0 Å². The third-order valence-corrected chi connectivity index (χ3v) is 6.85. The number of furan rings is 1. The summed E-state index contributed by atoms with van der Waals surface area (Å²) in [5, 5.41) is 2.57. The maximum Gasteiger partial charge on any atom is 0.407 e. The predicted molar refractivity (Wildman–Crippen MR) is 158 cm³/mol. The molecule has 0 unspecified atom stereocenters. The quantitative estimate of drug-likeness (QED) is 0.176. The van der Waals surface area contributed by atoms with Crippen LogP contribution in [0.3, 0.4) is 0 Å². The van der Waals surface area contributed by atoms with Crippen molar-refractivity contribution in [3.05, 3.63) is 131 Å². The molecule has 1 saturated heterocycles. The molecule has 0 aliphatic carbocycles. The van der Waals surface area contributed by atoms with Gasteiger partial charge in [-0.2, -0.15) is 0 Å². The molecule has 0 spiro atoms. The molecule has 45 heavy (non-hydrogen) atoms. The molecule has 1 aliphatic heterocycles. The van der Waals surface area contributed by atoms with E-state index in [-0.39, 0.29) is 36.6 Å². The van der Waals surface area contributed by atoms with Gasteiger partial charge in [0.25, 0.3) is 0 Å². The molecule has 0 radical (unpaired) electrons. The number of amides is 1. The van der Waals surface area contributed by atoms with Crippen molar-refractivity contribution in [1.29, 1.82) is 0 Å². The van der Waals surface area contributed by atoms with Gasteiger partial charge in [-0.1, -0.05) is 54.6 Å². The summed E-state index contributed by atoms with van der Waals surface area (Å²) < 4.78 is 34.5. The molecule has 1 amide bonds. The average molecular weight is 614 g/mol. The van der Waals surface area contributed by atoms with Crippen LogP contribution in [0.25, 0.3) is 0 Å². The van der Waals surface area contributed by atoms with Gasteiger partial charge in [0, 0.05) is 0 Å². The maximum atomic E-state index is 13.3. The highest BCUT2D eigenvalue weighted by molar-refractivity contribution is 5.91. The maximum absolute atomic E-state index is 13.3. The van der Waals surface area contributed by atoms with Crippen molar-refractivity contribution in [2.75, 3.05) is 13.2 Å². The molecule has 3 aromatic carbocycles. The molecule has 4 aromatic rings. The number of ether oxygens (including phenoxy) is 5. The summed E-state index contributed by atoms with van der Waals surface area (Å²) in [5.74, 6) is -1.39. The molecular formula is C34H31NO10. The van der Waals surface area contributed by atoms with Crippen molar-refractivity contribution in [1.82, 2.24) is 5.32 Å². The summed E-state index contributed by atoms with van der Waals surface area (Å²) in [6, 6.07) is 28.2. The summed E-state index contributed by atoms with van der Waals surface area (Å²) in [4.78, 5) is 51.1. The van der Waals surface area contributed by atoms with Gasteiger partial charge in [-0.05, 0) is 55.5 Å². The van der Waals surface area contributed by atoms with Crippen LogP contribution in [0.4, 0.5) is 4.79 Å². The lowest BCUT2D eigenvalue weighted by Gasteiger charge is -2.24. The largest absolute Gasteiger partial charge is 0.461 e. The first-order valence-electron chi connectivity index (χ1n) is 14.3. The van der Waals surface area contributed by atoms with Crippen LogP contribution >= 0.6 is 0 Å². The molecule has 11 heteroatoms. The fourth-order valence-corrected chi connectivity index (χ4v) is 4.69. The number of benzene rings is 3. The van der Waals surface area contributed by atoms with E-state index in [2.05, 4.69) is 5.32 Å². The van der Waals surface area contributed by atoms with Gasteiger partial charge in [0.2, 0.25) is 0 Å². The second kappa shape index (κ2) is 14.8. The van der Waals surface area contributed by atoms with E-state index in [1.54, 1.807) is 110 Å². The number of nitrogens with one attached hydrogen (secondary N) is 1. The molecule has 1 aromatic heterocycles. The molecular weight excluding hydrogens is 582 g/mol. The highest BCUT2D eigenvalue weighted by Gasteiger charge is 2.52. The predicted octanol–water partition coefficient (Wildman–Crippen LogP) is 5.27. The topological polar surface area (TPSA) is 140 Å². The van der Waals surface area contributed by atoms with E-state index in [4.69, 9.17) is 28.1 Å². The van der Waals surface area contributed by atoms with Crippen LogP contribution in [0, 0.1) is 0 Å². The van der Waals surface area contributed by atoms with Crippen LogP contribution in [0.2, 0.25) is 0 Å². The number of carbonyl (C=O) groups excluding carboxylic acids is 4. The van der Waals surface area contributed by atoms with Crippen molar-refractivity contribution in [2.45, 2.75) is 37.9 Å². The van der Waals surface area contributed by atoms with E-state index >= 15 is 0 Å². The second-order valence-corrected chi connectivity index (χ2v) is 9.91. The zero-order chi connectivity index (χ0) is 31.6. The van der Waals surface area contributed by atoms with Crippen LogP contribution in [0.15, 0.2) is 108 Å². The Labute approximate surface area is 259 Å². The number of esters is 3. The van der Waals surface area contributed by atoms with Crippen molar-refractivity contribution in [2.24, 2.45) is 0 Å². The lowest BCUT2D eigenvalue weighted by Crippen LogP contribution is -2.40. The highest BCUT2D eigenvalue weighted by atomic mass is 16.7. The van der Waals surface area contributed by atoms with Gasteiger partial charge in [0.1, 0.15) is 24.2 Å². The fraction of sp³-hybridized carbons (Fsp3) is 0.235. The zero-order valence-electron chi connectivity index (χ0n) is 24.3. The first kappa shape index (κ1) is 31.0. The Hall–Kier alpha value is -5.42. The summed E-state index contributed by atoms with van der Waals surface area (Å²) in [6.07, 6.45) is -5.14. The van der Waals surface area contributed by atoms with Gasteiger partial charge in [0.05, 0.1) is 29.8 Å². The Morgan fingerprint density at radius 1 is 0.667 bits per heavy atom. The van der Waals surface area contributed by atoms with E-state index in [0.717, 1.165) is 0 Å². The summed E-state index contributed by atoms with van der Waals surface area (Å²) in [6.45, 7) is 1.59. The lowest BCUT2D eigenvalue weighted by atomic mass is 10.1. The van der Waals surface area contributed by atoms with Gasteiger partial charge >= 0.3 is 24.0 Å². The lowest BCUT2D eigenvalue weighted by molar-refractivity contribution is -0.0463. The molecule has 0 saturated carbocycles. The SMILES string of the molecule is CCOC(=O)NCc1ccc([C@H]2O[C@H](COC(=O)c3ccccc3)[C@@H](OC(=O)c3ccccc3)[C@H]2OC(=O)c2ccccc2)o1. The number of hydrogen-bond donors (Lipinski definition) is 1. The van der Waals surface area contributed by atoms with Crippen molar-refractivity contribution < 1.29 is 47.3 Å². The zero-order valence-corrected chi connectivity index (χ0v) is 24.3. The standard InChI is InChI=1S/C34H31NO10/c1-2-40-34(39)35-20-25-18-19-26(42-25)28-30(45-33(38)24-16-10-5-11-17-24)29(44-32(37)23-14-8-4-9-15-23)27(43-28)21-41-31(36)22-12-6-3-7-13-22/h3-19,27-30H,2,20-21H2,1H3,(H,35,39)/t27-,28-,29-,30+/m1/s1. The Bertz CT molecular complexity index is 1590. The molecule has 0 bridgehead atoms. The summed E-state index contributed by atoms with van der Waals surface area (Å²) in [7, 11) is 0. The number of rotatable bonds is 11. The molecule has 2 heterocycles. The Morgan fingerprint density at radius 3 is 1.76 bits per heavy atom. The van der Waals surface area contributed by atoms with Crippen LogP contribution in [-0.2, 0) is 30.2 Å². The third-order valence-electron chi connectivity index (χ3n) is 6.85. The van der Waals surface area contributed by atoms with Crippen molar-refractivity contribution >= 4 is 24.0 Å². The summed E-state index contributed by atoms with van der Waals surface area (Å²) >= 11 is 0. The van der Waals surface area contributed by atoms with Crippen molar-refractivity contribution in [3.8, 4) is 0 Å². The first-order chi connectivity index (χ1) is 21.9. The molecule has 4 atom stereocenters. The van der Waals surface area contributed by atoms with Crippen LogP contribution in [0.1, 0.15) is 55.6 Å². The Kier molecular flexibility index (Phi) is 10.2. The average Bonchev–Trinajstić information content (AvgIpc) is 3.68. The van der Waals surface area contributed by atoms with Crippen molar-refractivity contribution in [3.63, 3.8) is 0 Å². The number of carbonyl (C=O) groups is 4. The van der Waals surface area contributed by atoms with E-state index in [9.17, 15) is 19.2 Å². The summed E-state index contributed by atoms with van der Waals surface area (Å²) in [5.41, 5.74) is 0.850. The Balaban J connectivity index is 1.44. The third kappa shape index (κ3) is 7.95. The van der Waals surface area contributed by atoms with Gasteiger partial charge in [-0.25, -0.2) is 19.2 Å². The molecule has 11 nitrogen and oxygen atoms in total. The smallest absolute Gasteiger partial charge is 0.407 e. The first-order valence-corrected chi connectivity index (χ1v) is 14.3. The molecule has 232 valence electrons. The van der Waals surface area contributed by atoms with E-state index in [0.29, 0.717) is 11.3 Å². The number of alkyl carbamates (subject to hydrolysis) is 1. The van der Waals surface area contributed by atoms with E-state index in [1.165, 1.54) is 0 Å². The normalized spacial score (nSPS) is 18.9.